The summed E-state index contributed by atoms with van der Waals surface area (Å²) in [6.45, 7) is 0.590. The summed E-state index contributed by atoms with van der Waals surface area (Å²) in [5.74, 6) is 1.14. The van der Waals surface area contributed by atoms with Crippen molar-refractivity contribution < 1.29 is 0 Å². The lowest BCUT2D eigenvalue weighted by Gasteiger charge is -2.09. The number of fused-ring (bicyclic) bond motifs is 1. The monoisotopic (exact) mass is 317 g/mol. The summed E-state index contributed by atoms with van der Waals surface area (Å²) in [5, 5.41) is 4.28. The lowest BCUT2D eigenvalue weighted by molar-refractivity contribution is 1.03. The molecule has 4 N–H and O–H groups in total. The van der Waals surface area contributed by atoms with Crippen LogP contribution >= 0.6 is 0 Å². The number of nitrogens with two attached hydrogens (primary N) is 1. The molecule has 0 aromatic carbocycles. The number of anilines is 2. The third-order valence-electron chi connectivity index (χ3n) is 3.65. The number of nitrogens with zero attached hydrogens (tertiary/aromatic N) is 4. The van der Waals surface area contributed by atoms with Crippen LogP contribution in [0.1, 0.15) is 5.69 Å². The standard InChI is InChI=1S/C17H15N7/c18-15-10-21-14(9-22-15)13-7-16(24-17-12(13)4-6-20-17)23-8-11-3-1-2-5-19-11/h1-7,9-10H,8H2,(H2,18,22)(H2,20,23,24). The van der Waals surface area contributed by atoms with Crippen molar-refractivity contribution in [3.05, 3.63) is 60.8 Å². The number of hydrogen-bond acceptors (Lipinski definition) is 6. The molecule has 0 saturated heterocycles. The number of nitrogens with one attached hydrogen (secondary N) is 2. The number of aromatic nitrogens is 5. The van der Waals surface area contributed by atoms with E-state index in [4.69, 9.17) is 5.73 Å². The lowest BCUT2D eigenvalue weighted by Crippen LogP contribution is -2.03. The average Bonchev–Trinajstić information content (AvgIpc) is 3.09. The Morgan fingerprint density at radius 2 is 2.04 bits per heavy atom. The summed E-state index contributed by atoms with van der Waals surface area (Å²) in [5.41, 5.74) is 9.05. The van der Waals surface area contributed by atoms with Gasteiger partial charge in [-0.1, -0.05) is 6.07 Å². The van der Waals surface area contributed by atoms with Gasteiger partial charge in [-0.25, -0.2) is 9.97 Å². The Hall–Kier alpha value is -3.48. The summed E-state index contributed by atoms with van der Waals surface area (Å²) in [6, 6.07) is 9.75. The Labute approximate surface area is 138 Å². The third kappa shape index (κ3) is 2.74. The van der Waals surface area contributed by atoms with E-state index in [1.165, 1.54) is 0 Å². The van der Waals surface area contributed by atoms with Gasteiger partial charge in [-0.3, -0.25) is 9.97 Å². The molecule has 0 radical (unpaired) electrons. The van der Waals surface area contributed by atoms with E-state index in [0.717, 1.165) is 33.8 Å². The van der Waals surface area contributed by atoms with Gasteiger partial charge >= 0.3 is 0 Å². The van der Waals surface area contributed by atoms with Crippen molar-refractivity contribution in [3.8, 4) is 11.3 Å². The van der Waals surface area contributed by atoms with Crippen LogP contribution < -0.4 is 11.1 Å². The number of aromatic amines is 1. The normalized spacial score (nSPS) is 10.8. The van der Waals surface area contributed by atoms with Crippen molar-refractivity contribution in [3.63, 3.8) is 0 Å². The van der Waals surface area contributed by atoms with E-state index >= 15 is 0 Å². The first-order valence-electron chi connectivity index (χ1n) is 7.49. The molecule has 0 amide bonds. The van der Waals surface area contributed by atoms with E-state index in [2.05, 4.69) is 30.2 Å². The van der Waals surface area contributed by atoms with Gasteiger partial charge in [0, 0.05) is 23.3 Å². The lowest BCUT2D eigenvalue weighted by atomic mass is 10.1. The van der Waals surface area contributed by atoms with Crippen LogP contribution in [0.4, 0.5) is 11.6 Å². The molecule has 0 spiro atoms. The third-order valence-corrected chi connectivity index (χ3v) is 3.65. The largest absolute Gasteiger partial charge is 0.382 e. The average molecular weight is 317 g/mol. The van der Waals surface area contributed by atoms with Gasteiger partial charge in [0.25, 0.3) is 0 Å². The van der Waals surface area contributed by atoms with Gasteiger partial charge in [-0.05, 0) is 24.3 Å². The topological polar surface area (TPSA) is 105 Å². The summed E-state index contributed by atoms with van der Waals surface area (Å²) < 4.78 is 0. The van der Waals surface area contributed by atoms with Crippen molar-refractivity contribution in [1.82, 2.24) is 24.9 Å². The van der Waals surface area contributed by atoms with Gasteiger partial charge in [0.2, 0.25) is 0 Å². The summed E-state index contributed by atoms with van der Waals surface area (Å²) in [6.07, 6.45) is 6.84. The predicted octanol–water partition coefficient (Wildman–Crippen LogP) is 2.61. The molecule has 7 heteroatoms. The fraction of sp³-hybridized carbons (Fsp3) is 0.0588. The fourth-order valence-corrected chi connectivity index (χ4v) is 2.50. The van der Waals surface area contributed by atoms with E-state index in [1.54, 1.807) is 18.6 Å². The minimum atomic E-state index is 0.395. The van der Waals surface area contributed by atoms with Crippen LogP contribution in [0.5, 0.6) is 0 Å². The molecule has 7 nitrogen and oxygen atoms in total. The van der Waals surface area contributed by atoms with Crippen molar-refractivity contribution in [1.29, 1.82) is 0 Å². The second kappa shape index (κ2) is 5.96. The Balaban J connectivity index is 1.71. The highest BCUT2D eigenvalue weighted by Gasteiger charge is 2.10. The molecule has 0 aliphatic carbocycles. The van der Waals surface area contributed by atoms with Gasteiger partial charge in [0.1, 0.15) is 17.3 Å². The molecule has 118 valence electrons. The van der Waals surface area contributed by atoms with Gasteiger partial charge in [0.05, 0.1) is 30.3 Å². The van der Waals surface area contributed by atoms with E-state index in [0.29, 0.717) is 12.4 Å². The quantitative estimate of drug-likeness (QED) is 0.534. The zero-order valence-electron chi connectivity index (χ0n) is 12.8. The van der Waals surface area contributed by atoms with Crippen LogP contribution in [0.25, 0.3) is 22.3 Å². The highest BCUT2D eigenvalue weighted by molar-refractivity contribution is 5.93. The molecule has 0 atom stereocenters. The molecule has 0 aliphatic heterocycles. The van der Waals surface area contributed by atoms with Crippen molar-refractivity contribution >= 4 is 22.7 Å². The Kier molecular flexibility index (Phi) is 3.51. The van der Waals surface area contributed by atoms with E-state index in [1.807, 2.05) is 36.5 Å². The van der Waals surface area contributed by atoms with Crippen LogP contribution in [0.2, 0.25) is 0 Å². The van der Waals surface area contributed by atoms with Gasteiger partial charge in [-0.2, -0.15) is 0 Å². The molecular formula is C17H15N7. The minimum Gasteiger partial charge on any atom is -0.382 e. The molecule has 0 saturated carbocycles. The van der Waals surface area contributed by atoms with Crippen LogP contribution in [0.15, 0.2) is 55.1 Å². The highest BCUT2D eigenvalue weighted by atomic mass is 15.0. The second-order valence-electron chi connectivity index (χ2n) is 5.30. The Morgan fingerprint density at radius 1 is 1.08 bits per heavy atom. The van der Waals surface area contributed by atoms with Crippen LogP contribution in [0, 0.1) is 0 Å². The Morgan fingerprint density at radius 3 is 2.83 bits per heavy atom. The van der Waals surface area contributed by atoms with Gasteiger partial charge < -0.3 is 16.0 Å². The van der Waals surface area contributed by atoms with E-state index in [-0.39, 0.29) is 0 Å². The molecular weight excluding hydrogens is 302 g/mol. The first-order chi connectivity index (χ1) is 11.8. The molecule has 4 aromatic rings. The van der Waals surface area contributed by atoms with Gasteiger partial charge in [-0.15, -0.1) is 0 Å². The summed E-state index contributed by atoms with van der Waals surface area (Å²) >= 11 is 0. The maximum Gasteiger partial charge on any atom is 0.141 e. The first kappa shape index (κ1) is 14.1. The van der Waals surface area contributed by atoms with Gasteiger partial charge in [0.15, 0.2) is 0 Å². The molecule has 0 fully saturated rings. The van der Waals surface area contributed by atoms with Crippen LogP contribution in [-0.4, -0.2) is 24.9 Å². The van der Waals surface area contributed by atoms with Crippen molar-refractivity contribution in [2.24, 2.45) is 0 Å². The summed E-state index contributed by atoms with van der Waals surface area (Å²) in [7, 11) is 0. The molecule has 4 aromatic heterocycles. The maximum atomic E-state index is 5.63. The van der Waals surface area contributed by atoms with Crippen molar-refractivity contribution in [2.45, 2.75) is 6.54 Å². The minimum absolute atomic E-state index is 0.395. The van der Waals surface area contributed by atoms with Crippen LogP contribution in [0.3, 0.4) is 0 Å². The number of H-pyrrole nitrogens is 1. The molecule has 24 heavy (non-hydrogen) atoms. The number of hydrogen-bond donors (Lipinski definition) is 3. The number of pyridine rings is 2. The number of nitrogen functional groups attached to an aromatic ring is 1. The summed E-state index contributed by atoms with van der Waals surface area (Å²) in [4.78, 5) is 20.5. The SMILES string of the molecule is Nc1cnc(-c2cc(NCc3ccccn3)nc3[nH]ccc23)cn1. The zero-order chi connectivity index (χ0) is 16.4. The molecule has 4 rings (SSSR count). The second-order valence-corrected chi connectivity index (χ2v) is 5.30. The fourth-order valence-electron chi connectivity index (χ4n) is 2.50. The van der Waals surface area contributed by atoms with E-state index in [9.17, 15) is 0 Å². The maximum absolute atomic E-state index is 5.63. The zero-order valence-corrected chi connectivity index (χ0v) is 12.8. The van der Waals surface area contributed by atoms with Crippen molar-refractivity contribution in [2.75, 3.05) is 11.1 Å². The highest BCUT2D eigenvalue weighted by Crippen LogP contribution is 2.28. The molecule has 4 heterocycles. The Bertz CT molecular complexity index is 961. The number of rotatable bonds is 4. The predicted molar refractivity (Wildman–Crippen MR) is 93.1 cm³/mol. The first-order valence-corrected chi connectivity index (χ1v) is 7.49. The smallest absolute Gasteiger partial charge is 0.141 e. The van der Waals surface area contributed by atoms with E-state index < -0.39 is 0 Å². The molecule has 0 bridgehead atoms. The molecule has 0 unspecified atom stereocenters. The van der Waals surface area contributed by atoms with Crippen LogP contribution in [-0.2, 0) is 6.54 Å². The molecule has 0 aliphatic rings.